The van der Waals surface area contributed by atoms with Gasteiger partial charge in [0.15, 0.2) is 6.10 Å². The molecule has 0 aliphatic heterocycles. The topological polar surface area (TPSA) is 83.5 Å². The van der Waals surface area contributed by atoms with Crippen molar-refractivity contribution in [2.24, 2.45) is 5.73 Å². The minimum absolute atomic E-state index is 0.147. The molecule has 0 saturated heterocycles. The second-order valence-corrected chi connectivity index (χ2v) is 6.12. The Morgan fingerprint density at radius 1 is 1.50 bits per heavy atom. The van der Waals surface area contributed by atoms with Crippen LogP contribution in [0.5, 0.6) is 0 Å². The Morgan fingerprint density at radius 3 is 2.36 bits per heavy atom. The molecule has 0 radical (unpaired) electrons. The minimum Gasteiger partial charge on any atom is -0.479 e. The van der Waals surface area contributed by atoms with Crippen molar-refractivity contribution in [3.05, 3.63) is 0 Å². The van der Waals surface area contributed by atoms with E-state index in [0.29, 0.717) is 6.42 Å². The molecular formula is C9H19NO3S. The first-order chi connectivity index (χ1) is 6.24. The number of hydrogen-bond donors (Lipinski definition) is 3. The van der Waals surface area contributed by atoms with E-state index in [1.54, 1.807) is 11.8 Å². The van der Waals surface area contributed by atoms with E-state index >= 15 is 0 Å². The number of aliphatic hydroxyl groups is 1. The fourth-order valence-electron chi connectivity index (χ4n) is 0.842. The van der Waals surface area contributed by atoms with E-state index in [1.807, 2.05) is 0 Å². The molecule has 0 aromatic rings. The number of carboxylic acids is 1. The second kappa shape index (κ2) is 5.58. The van der Waals surface area contributed by atoms with Crippen LogP contribution in [-0.2, 0) is 4.79 Å². The molecule has 14 heavy (non-hydrogen) atoms. The van der Waals surface area contributed by atoms with Gasteiger partial charge in [-0.05, 0) is 12.2 Å². The van der Waals surface area contributed by atoms with Crippen LogP contribution in [-0.4, -0.2) is 38.8 Å². The molecule has 0 saturated carbocycles. The molecular weight excluding hydrogens is 202 g/mol. The average Bonchev–Trinajstić information content (AvgIpc) is 2.00. The monoisotopic (exact) mass is 221 g/mol. The summed E-state index contributed by atoms with van der Waals surface area (Å²) in [6, 6.07) is -0.678. The highest BCUT2D eigenvalue weighted by Crippen LogP contribution is 2.24. The summed E-state index contributed by atoms with van der Waals surface area (Å²) in [4.78, 5) is 10.4. The van der Waals surface area contributed by atoms with Gasteiger partial charge in [-0.2, -0.15) is 11.8 Å². The minimum atomic E-state index is -1.45. The first-order valence-corrected chi connectivity index (χ1v) is 5.53. The van der Waals surface area contributed by atoms with E-state index in [4.69, 9.17) is 15.9 Å². The third kappa shape index (κ3) is 6.23. The number of nitrogens with two attached hydrogens (primary N) is 1. The number of carboxylic acid groups (broad SMARTS) is 1. The quantitative estimate of drug-likeness (QED) is 0.636. The van der Waals surface area contributed by atoms with Gasteiger partial charge in [0.05, 0.1) is 0 Å². The highest BCUT2D eigenvalue weighted by atomic mass is 32.2. The Morgan fingerprint density at radius 2 is 2.00 bits per heavy atom. The smallest absolute Gasteiger partial charge is 0.334 e. The number of aliphatic hydroxyl groups excluding tert-OH is 1. The lowest BCUT2D eigenvalue weighted by Gasteiger charge is -2.20. The first-order valence-electron chi connectivity index (χ1n) is 4.54. The molecule has 0 fully saturated rings. The molecule has 84 valence electrons. The van der Waals surface area contributed by atoms with E-state index in [0.717, 1.165) is 5.75 Å². The molecule has 0 aliphatic rings. The van der Waals surface area contributed by atoms with E-state index in [-0.39, 0.29) is 4.75 Å². The van der Waals surface area contributed by atoms with Gasteiger partial charge < -0.3 is 15.9 Å². The molecule has 0 bridgehead atoms. The molecule has 2 unspecified atom stereocenters. The van der Waals surface area contributed by atoms with Crippen LogP contribution in [0.4, 0.5) is 0 Å². The second-order valence-electron chi connectivity index (χ2n) is 4.20. The first kappa shape index (κ1) is 13.7. The van der Waals surface area contributed by atoms with Crippen molar-refractivity contribution in [3.63, 3.8) is 0 Å². The van der Waals surface area contributed by atoms with Crippen LogP contribution in [0.1, 0.15) is 27.2 Å². The van der Waals surface area contributed by atoms with Gasteiger partial charge in [-0.3, -0.25) is 0 Å². The van der Waals surface area contributed by atoms with E-state index < -0.39 is 18.1 Å². The van der Waals surface area contributed by atoms with Gasteiger partial charge in [-0.25, -0.2) is 4.79 Å². The summed E-state index contributed by atoms with van der Waals surface area (Å²) >= 11 is 1.71. The third-order valence-electron chi connectivity index (χ3n) is 1.64. The Labute approximate surface area is 88.9 Å². The van der Waals surface area contributed by atoms with E-state index in [2.05, 4.69) is 20.8 Å². The Bertz CT molecular complexity index is 191. The zero-order valence-electron chi connectivity index (χ0n) is 8.86. The van der Waals surface area contributed by atoms with Crippen molar-refractivity contribution in [2.45, 2.75) is 44.1 Å². The SMILES string of the molecule is CC(C)(C)SCCC(N)C(O)C(=O)O. The lowest BCUT2D eigenvalue weighted by atomic mass is 10.1. The molecule has 4 N–H and O–H groups in total. The van der Waals surface area contributed by atoms with Gasteiger partial charge in [-0.1, -0.05) is 20.8 Å². The Kier molecular flexibility index (Phi) is 5.48. The number of rotatable bonds is 5. The lowest BCUT2D eigenvalue weighted by Crippen LogP contribution is -2.40. The number of carbonyl (C=O) groups is 1. The van der Waals surface area contributed by atoms with Crippen LogP contribution >= 0.6 is 11.8 Å². The van der Waals surface area contributed by atoms with Crippen LogP contribution in [0.15, 0.2) is 0 Å². The highest BCUT2D eigenvalue weighted by Gasteiger charge is 2.22. The van der Waals surface area contributed by atoms with Crippen molar-refractivity contribution < 1.29 is 15.0 Å². The van der Waals surface area contributed by atoms with Crippen LogP contribution in [0.2, 0.25) is 0 Å². The average molecular weight is 221 g/mol. The summed E-state index contributed by atoms with van der Waals surface area (Å²) in [6.07, 6.45) is -0.939. The fraction of sp³-hybridized carbons (Fsp3) is 0.889. The Hall–Kier alpha value is -0.260. The molecule has 0 spiro atoms. The highest BCUT2D eigenvalue weighted by molar-refractivity contribution is 8.00. The zero-order chi connectivity index (χ0) is 11.4. The maximum Gasteiger partial charge on any atom is 0.334 e. The standard InChI is InChI=1S/C9H19NO3S/c1-9(2,3)14-5-4-6(10)7(11)8(12)13/h6-7,11H,4-5,10H2,1-3H3,(H,12,13). The largest absolute Gasteiger partial charge is 0.479 e. The third-order valence-corrected chi connectivity index (χ3v) is 2.95. The fourth-order valence-corrected chi connectivity index (χ4v) is 1.84. The zero-order valence-corrected chi connectivity index (χ0v) is 9.67. The summed E-state index contributed by atoms with van der Waals surface area (Å²) in [7, 11) is 0. The lowest BCUT2D eigenvalue weighted by molar-refractivity contribution is -0.147. The van der Waals surface area contributed by atoms with Crippen LogP contribution in [0.25, 0.3) is 0 Å². The van der Waals surface area contributed by atoms with Crippen molar-refractivity contribution in [1.82, 2.24) is 0 Å². The van der Waals surface area contributed by atoms with Gasteiger partial charge in [-0.15, -0.1) is 0 Å². The normalized spacial score (nSPS) is 16.4. The molecule has 4 nitrogen and oxygen atoms in total. The number of thioether (sulfide) groups is 1. The van der Waals surface area contributed by atoms with Gasteiger partial charge >= 0.3 is 5.97 Å². The van der Waals surface area contributed by atoms with Crippen LogP contribution in [0.3, 0.4) is 0 Å². The molecule has 5 heteroatoms. The maximum absolute atomic E-state index is 10.4. The van der Waals surface area contributed by atoms with Crippen molar-refractivity contribution in [1.29, 1.82) is 0 Å². The molecule has 0 aliphatic carbocycles. The van der Waals surface area contributed by atoms with Gasteiger partial charge in [0.1, 0.15) is 0 Å². The van der Waals surface area contributed by atoms with Crippen molar-refractivity contribution in [3.8, 4) is 0 Å². The molecule has 0 rings (SSSR count). The van der Waals surface area contributed by atoms with E-state index in [1.165, 1.54) is 0 Å². The van der Waals surface area contributed by atoms with Crippen molar-refractivity contribution in [2.75, 3.05) is 5.75 Å². The molecule has 0 aromatic carbocycles. The number of aliphatic carboxylic acids is 1. The van der Waals surface area contributed by atoms with Gasteiger partial charge in [0.2, 0.25) is 0 Å². The van der Waals surface area contributed by atoms with Gasteiger partial charge in [0.25, 0.3) is 0 Å². The van der Waals surface area contributed by atoms with E-state index in [9.17, 15) is 4.79 Å². The summed E-state index contributed by atoms with van der Waals surface area (Å²) in [5.41, 5.74) is 5.50. The molecule has 2 atom stereocenters. The molecule has 0 amide bonds. The predicted octanol–water partition coefficient (Wildman–Crippen LogP) is 0.681. The van der Waals surface area contributed by atoms with Crippen LogP contribution in [0, 0.1) is 0 Å². The predicted molar refractivity (Wildman–Crippen MR) is 58.4 cm³/mol. The summed E-state index contributed by atoms with van der Waals surface area (Å²) in [5, 5.41) is 17.6. The summed E-state index contributed by atoms with van der Waals surface area (Å²) in [6.45, 7) is 6.24. The summed E-state index contributed by atoms with van der Waals surface area (Å²) < 4.78 is 0.147. The maximum atomic E-state index is 10.4. The number of hydrogen-bond acceptors (Lipinski definition) is 4. The Balaban J connectivity index is 3.75. The van der Waals surface area contributed by atoms with Crippen molar-refractivity contribution >= 4 is 17.7 Å². The van der Waals surface area contributed by atoms with Crippen LogP contribution < -0.4 is 5.73 Å². The molecule has 0 aromatic heterocycles. The molecule has 0 heterocycles. The van der Waals surface area contributed by atoms with Gasteiger partial charge in [0, 0.05) is 10.8 Å². The summed E-state index contributed by atoms with van der Waals surface area (Å²) in [5.74, 6) is -0.493.